The van der Waals surface area contributed by atoms with Crippen molar-refractivity contribution in [2.24, 2.45) is 0 Å². The number of ether oxygens (including phenoxy) is 1. The average molecular weight is 347 g/mol. The molecular formula is C20H17N3O3. The Bertz CT molecular complexity index is 1060. The number of furan rings is 1. The molecule has 0 saturated carbocycles. The number of nitrogens with zero attached hydrogens (tertiary/aromatic N) is 2. The summed E-state index contributed by atoms with van der Waals surface area (Å²) in [5.41, 5.74) is 3.04. The van der Waals surface area contributed by atoms with Crippen molar-refractivity contribution in [2.45, 2.75) is 6.92 Å². The quantitative estimate of drug-likeness (QED) is 0.601. The van der Waals surface area contributed by atoms with Crippen LogP contribution >= 0.6 is 0 Å². The van der Waals surface area contributed by atoms with Crippen LogP contribution in [0.2, 0.25) is 0 Å². The third kappa shape index (κ3) is 2.82. The Hall–Kier alpha value is -3.54. The van der Waals surface area contributed by atoms with Crippen LogP contribution < -0.4 is 10.1 Å². The molecule has 0 aliphatic heterocycles. The third-order valence-corrected chi connectivity index (χ3v) is 4.24. The monoisotopic (exact) mass is 347 g/mol. The number of amides is 1. The van der Waals surface area contributed by atoms with Gasteiger partial charge in [-0.2, -0.15) is 5.10 Å². The van der Waals surface area contributed by atoms with Crippen molar-refractivity contribution in [3.05, 3.63) is 72.2 Å². The summed E-state index contributed by atoms with van der Waals surface area (Å²) in [5.74, 6) is 0.733. The highest BCUT2D eigenvalue weighted by atomic mass is 16.5. The van der Waals surface area contributed by atoms with Gasteiger partial charge in [-0.15, -0.1) is 0 Å². The fourth-order valence-corrected chi connectivity index (χ4v) is 2.85. The van der Waals surface area contributed by atoms with Gasteiger partial charge in [0.1, 0.15) is 11.3 Å². The Balaban J connectivity index is 1.58. The molecule has 0 spiro atoms. The highest BCUT2D eigenvalue weighted by Crippen LogP contribution is 2.29. The summed E-state index contributed by atoms with van der Waals surface area (Å²) in [6.07, 6.45) is 3.58. The van der Waals surface area contributed by atoms with Gasteiger partial charge in [0.25, 0.3) is 5.91 Å². The van der Waals surface area contributed by atoms with E-state index in [1.54, 1.807) is 30.1 Å². The van der Waals surface area contributed by atoms with Gasteiger partial charge in [-0.05, 0) is 55.5 Å². The number of aryl methyl sites for hydroxylation is 1. The lowest BCUT2D eigenvalue weighted by Crippen LogP contribution is -2.12. The van der Waals surface area contributed by atoms with Gasteiger partial charge < -0.3 is 14.5 Å². The van der Waals surface area contributed by atoms with E-state index in [9.17, 15) is 4.79 Å². The molecule has 0 saturated heterocycles. The number of methoxy groups -OCH3 is 1. The van der Waals surface area contributed by atoms with Crippen LogP contribution in [0.4, 0.5) is 5.69 Å². The number of aromatic nitrogens is 2. The van der Waals surface area contributed by atoms with Gasteiger partial charge in [-0.25, -0.2) is 4.68 Å². The first-order valence-corrected chi connectivity index (χ1v) is 8.14. The minimum Gasteiger partial charge on any atom is -0.497 e. The molecule has 0 unspecified atom stereocenters. The second kappa shape index (κ2) is 6.40. The van der Waals surface area contributed by atoms with E-state index in [1.807, 2.05) is 49.5 Å². The molecule has 26 heavy (non-hydrogen) atoms. The first-order valence-electron chi connectivity index (χ1n) is 8.14. The Kier molecular flexibility index (Phi) is 3.93. The zero-order valence-electron chi connectivity index (χ0n) is 14.4. The summed E-state index contributed by atoms with van der Waals surface area (Å²) in [7, 11) is 1.61. The summed E-state index contributed by atoms with van der Waals surface area (Å²) < 4.78 is 12.7. The number of carbonyl (C=O) groups is 1. The normalized spacial score (nSPS) is 10.8. The minimum absolute atomic E-state index is 0.287. The van der Waals surface area contributed by atoms with Crippen molar-refractivity contribution >= 4 is 22.6 Å². The number of benzene rings is 2. The van der Waals surface area contributed by atoms with Gasteiger partial charge in [0.2, 0.25) is 0 Å². The molecule has 4 aromatic rings. The molecule has 0 fully saturated rings. The Morgan fingerprint density at radius 3 is 2.69 bits per heavy atom. The van der Waals surface area contributed by atoms with E-state index in [0.717, 1.165) is 22.4 Å². The van der Waals surface area contributed by atoms with Gasteiger partial charge >= 0.3 is 0 Å². The summed E-state index contributed by atoms with van der Waals surface area (Å²) in [5, 5.41) is 7.91. The highest BCUT2D eigenvalue weighted by Gasteiger charge is 2.18. The molecule has 4 rings (SSSR count). The van der Waals surface area contributed by atoms with Crippen molar-refractivity contribution in [2.75, 3.05) is 12.4 Å². The van der Waals surface area contributed by atoms with E-state index in [0.29, 0.717) is 17.0 Å². The lowest BCUT2D eigenvalue weighted by atomic mass is 10.1. The van der Waals surface area contributed by atoms with Crippen LogP contribution in [-0.2, 0) is 0 Å². The SMILES string of the molecule is COc1ccc2oc(C(=O)Nc3ccc(-n4cccn4)cc3)c(C)c2c1. The van der Waals surface area contributed by atoms with Gasteiger partial charge in [-0.1, -0.05) is 0 Å². The molecule has 2 heterocycles. The zero-order valence-corrected chi connectivity index (χ0v) is 14.4. The molecule has 2 aromatic heterocycles. The molecule has 6 heteroatoms. The predicted molar refractivity (Wildman–Crippen MR) is 99.0 cm³/mol. The van der Waals surface area contributed by atoms with Crippen molar-refractivity contribution in [3.8, 4) is 11.4 Å². The van der Waals surface area contributed by atoms with Crippen LogP contribution in [0.3, 0.4) is 0 Å². The van der Waals surface area contributed by atoms with E-state index < -0.39 is 0 Å². The predicted octanol–water partition coefficient (Wildman–Crippen LogP) is 4.19. The number of hydrogen-bond acceptors (Lipinski definition) is 4. The molecule has 1 N–H and O–H groups in total. The highest BCUT2D eigenvalue weighted by molar-refractivity contribution is 6.06. The maximum absolute atomic E-state index is 12.6. The van der Waals surface area contributed by atoms with E-state index in [4.69, 9.17) is 9.15 Å². The number of nitrogens with one attached hydrogen (secondary N) is 1. The lowest BCUT2D eigenvalue weighted by Gasteiger charge is -2.06. The lowest BCUT2D eigenvalue weighted by molar-refractivity contribution is 0.0998. The molecule has 0 bridgehead atoms. The van der Waals surface area contributed by atoms with E-state index >= 15 is 0 Å². The topological polar surface area (TPSA) is 69.3 Å². The average Bonchev–Trinajstić information content (AvgIpc) is 3.31. The van der Waals surface area contributed by atoms with Gasteiger partial charge in [0.05, 0.1) is 12.8 Å². The second-order valence-corrected chi connectivity index (χ2v) is 5.87. The standard InChI is InChI=1S/C20H17N3O3/c1-13-17-12-16(25-2)8-9-18(17)26-19(13)20(24)22-14-4-6-15(7-5-14)23-11-3-10-21-23/h3-12H,1-2H3,(H,22,24). The number of hydrogen-bond donors (Lipinski definition) is 1. The largest absolute Gasteiger partial charge is 0.497 e. The van der Waals surface area contributed by atoms with Crippen LogP contribution in [0.15, 0.2) is 65.3 Å². The molecule has 0 radical (unpaired) electrons. The number of carbonyl (C=O) groups excluding carboxylic acids is 1. The fourth-order valence-electron chi connectivity index (χ4n) is 2.85. The molecule has 0 atom stereocenters. The number of fused-ring (bicyclic) bond motifs is 1. The summed E-state index contributed by atoms with van der Waals surface area (Å²) in [6.45, 7) is 1.86. The summed E-state index contributed by atoms with van der Waals surface area (Å²) in [6, 6.07) is 14.8. The van der Waals surface area contributed by atoms with Crippen molar-refractivity contribution in [1.29, 1.82) is 0 Å². The minimum atomic E-state index is -0.287. The number of anilines is 1. The molecule has 0 aliphatic carbocycles. The Labute approximate surface area is 150 Å². The Morgan fingerprint density at radius 2 is 2.00 bits per heavy atom. The van der Waals surface area contributed by atoms with Crippen molar-refractivity contribution < 1.29 is 13.9 Å². The van der Waals surface area contributed by atoms with Gasteiger partial charge in [0.15, 0.2) is 5.76 Å². The summed E-state index contributed by atoms with van der Waals surface area (Å²) in [4.78, 5) is 12.6. The Morgan fingerprint density at radius 1 is 1.19 bits per heavy atom. The molecule has 2 aromatic carbocycles. The van der Waals surface area contributed by atoms with Crippen LogP contribution in [0.5, 0.6) is 5.75 Å². The molecular weight excluding hydrogens is 330 g/mol. The van der Waals surface area contributed by atoms with E-state index in [1.165, 1.54) is 0 Å². The summed E-state index contributed by atoms with van der Waals surface area (Å²) >= 11 is 0. The van der Waals surface area contributed by atoms with Crippen molar-refractivity contribution in [1.82, 2.24) is 9.78 Å². The molecule has 130 valence electrons. The first-order chi connectivity index (χ1) is 12.7. The first kappa shape index (κ1) is 16.0. The van der Waals surface area contributed by atoms with Crippen LogP contribution in [0.1, 0.15) is 16.1 Å². The second-order valence-electron chi connectivity index (χ2n) is 5.87. The maximum Gasteiger partial charge on any atom is 0.291 e. The smallest absolute Gasteiger partial charge is 0.291 e. The molecule has 1 amide bonds. The molecule has 6 nitrogen and oxygen atoms in total. The van der Waals surface area contributed by atoms with E-state index in [2.05, 4.69) is 10.4 Å². The van der Waals surface area contributed by atoms with Crippen LogP contribution in [0.25, 0.3) is 16.7 Å². The maximum atomic E-state index is 12.6. The van der Waals surface area contributed by atoms with Gasteiger partial charge in [-0.3, -0.25) is 4.79 Å². The van der Waals surface area contributed by atoms with E-state index in [-0.39, 0.29) is 5.91 Å². The van der Waals surface area contributed by atoms with Crippen LogP contribution in [-0.4, -0.2) is 22.8 Å². The zero-order chi connectivity index (χ0) is 18.1. The van der Waals surface area contributed by atoms with Crippen molar-refractivity contribution in [3.63, 3.8) is 0 Å². The number of rotatable bonds is 4. The van der Waals surface area contributed by atoms with Gasteiger partial charge in [0, 0.05) is 29.0 Å². The fraction of sp³-hybridized carbons (Fsp3) is 0.100. The van der Waals surface area contributed by atoms with Crippen LogP contribution in [0, 0.1) is 6.92 Å². The molecule has 0 aliphatic rings. The third-order valence-electron chi connectivity index (χ3n) is 4.24.